The van der Waals surface area contributed by atoms with Gasteiger partial charge >= 0.3 is 0 Å². The van der Waals surface area contributed by atoms with Crippen molar-refractivity contribution in [1.82, 2.24) is 5.32 Å². The summed E-state index contributed by atoms with van der Waals surface area (Å²) in [6, 6.07) is 5.79. The Balaban J connectivity index is 1.51. The molecule has 0 spiro atoms. The number of amides is 1. The maximum absolute atomic E-state index is 13.2. The Kier molecular flexibility index (Phi) is 4.25. The molecule has 1 aromatic carbocycles. The van der Waals surface area contributed by atoms with Gasteiger partial charge in [-0.05, 0) is 36.0 Å². The zero-order valence-electron chi connectivity index (χ0n) is 14.1. The van der Waals surface area contributed by atoms with Crippen LogP contribution in [0, 0.1) is 16.2 Å². The van der Waals surface area contributed by atoms with E-state index in [0.29, 0.717) is 6.54 Å². The van der Waals surface area contributed by atoms with Crippen LogP contribution in [-0.2, 0) is 11.3 Å². The molecule has 3 fully saturated rings. The fourth-order valence-corrected chi connectivity index (χ4v) is 10.0. The lowest BCUT2D eigenvalue weighted by Crippen LogP contribution is -2.72. The maximum atomic E-state index is 13.2. The molecule has 25 heavy (non-hydrogen) atoms. The van der Waals surface area contributed by atoms with E-state index < -0.39 is 0 Å². The Bertz CT molecular complexity index is 738. The van der Waals surface area contributed by atoms with Crippen LogP contribution in [0.3, 0.4) is 0 Å². The summed E-state index contributed by atoms with van der Waals surface area (Å²) in [6.07, 6.45) is 1.92. The number of rotatable bonds is 4. The van der Waals surface area contributed by atoms with Crippen LogP contribution >= 0.6 is 47.8 Å². The average Bonchev–Trinajstić information content (AvgIpc) is 3.22. The third-order valence-corrected chi connectivity index (χ3v) is 10.0. The Morgan fingerprint density at radius 2 is 2.00 bits per heavy atom. The summed E-state index contributed by atoms with van der Waals surface area (Å²) in [7, 11) is 0. The number of ether oxygens (including phenoxy) is 2. The van der Waals surface area contributed by atoms with Gasteiger partial charge in [0.05, 0.1) is 9.15 Å². The van der Waals surface area contributed by atoms with Crippen molar-refractivity contribution in [2.24, 2.45) is 16.2 Å². The van der Waals surface area contributed by atoms with E-state index in [-0.39, 0.29) is 37.5 Å². The van der Waals surface area contributed by atoms with Gasteiger partial charge < -0.3 is 14.8 Å². The van der Waals surface area contributed by atoms with Gasteiger partial charge in [0, 0.05) is 16.8 Å². The Hall–Kier alpha value is -0.270. The van der Waals surface area contributed by atoms with Crippen LogP contribution in [0.4, 0.5) is 0 Å². The number of carbonyl (C=O) groups is 1. The second-order valence-corrected chi connectivity index (χ2v) is 11.6. The summed E-state index contributed by atoms with van der Waals surface area (Å²) >= 11 is 11.3. The first-order valence-electron chi connectivity index (χ1n) is 8.36. The van der Waals surface area contributed by atoms with Gasteiger partial charge in [0.25, 0.3) is 0 Å². The molecule has 0 saturated heterocycles. The highest BCUT2D eigenvalue weighted by Gasteiger charge is 2.83. The average molecular weight is 538 g/mol. The number of fused-ring (bicyclic) bond motifs is 2. The van der Waals surface area contributed by atoms with Gasteiger partial charge in [-0.25, -0.2) is 0 Å². The molecule has 1 aromatic rings. The molecule has 136 valence electrons. The third-order valence-electron chi connectivity index (χ3n) is 6.78. The van der Waals surface area contributed by atoms with E-state index in [1.54, 1.807) is 0 Å². The van der Waals surface area contributed by atoms with Crippen molar-refractivity contribution < 1.29 is 14.3 Å². The highest BCUT2D eigenvalue weighted by Crippen LogP contribution is 2.82. The predicted molar refractivity (Wildman–Crippen MR) is 107 cm³/mol. The zero-order valence-corrected chi connectivity index (χ0v) is 18.8. The van der Waals surface area contributed by atoms with E-state index in [4.69, 9.17) is 9.47 Å². The minimum Gasteiger partial charge on any atom is -0.454 e. The highest BCUT2D eigenvalue weighted by molar-refractivity contribution is 9.24. The summed E-state index contributed by atoms with van der Waals surface area (Å²) < 4.78 is 10.9. The summed E-state index contributed by atoms with van der Waals surface area (Å²) in [6.45, 7) is 5.18. The smallest absolute Gasteiger partial charge is 0.231 e. The van der Waals surface area contributed by atoms with Crippen molar-refractivity contribution in [3.05, 3.63) is 23.8 Å². The molecule has 5 rings (SSSR count). The SMILES string of the molecule is CC1(C)C2(C(=O)NCc3ccc4c(c3)OCO4)CCC1(C(Br)Br)C2Br. The monoisotopic (exact) mass is 535 g/mol. The molecular weight excluding hydrogens is 518 g/mol. The predicted octanol–water partition coefficient (Wildman–Crippen LogP) is 4.72. The van der Waals surface area contributed by atoms with Gasteiger partial charge in [-0.2, -0.15) is 0 Å². The summed E-state index contributed by atoms with van der Waals surface area (Å²) in [5.41, 5.74) is 0.595. The van der Waals surface area contributed by atoms with E-state index in [9.17, 15) is 4.79 Å². The molecule has 0 radical (unpaired) electrons. The topological polar surface area (TPSA) is 47.6 Å². The fourth-order valence-electron chi connectivity index (χ4n) is 5.09. The fraction of sp³-hybridized carbons (Fsp3) is 0.611. The van der Waals surface area contributed by atoms with Crippen LogP contribution in [0.25, 0.3) is 0 Å². The van der Waals surface area contributed by atoms with Crippen molar-refractivity contribution in [3.8, 4) is 11.5 Å². The summed E-state index contributed by atoms with van der Waals surface area (Å²) in [5, 5.41) is 3.16. The third kappa shape index (κ3) is 2.12. The standard InChI is InChI=1S/C18H20Br3NO3/c1-16(2)17(14(20)21)5-6-18(16,13(17)19)15(23)22-8-10-3-4-11-12(7-10)25-9-24-11/h3-4,7,13-14H,5-6,8-9H2,1-2H3,(H,22,23). The van der Waals surface area contributed by atoms with Crippen LogP contribution in [0.15, 0.2) is 18.2 Å². The Labute approximate surface area is 172 Å². The van der Waals surface area contributed by atoms with Gasteiger partial charge in [0.2, 0.25) is 12.7 Å². The van der Waals surface area contributed by atoms with Crippen LogP contribution < -0.4 is 14.8 Å². The van der Waals surface area contributed by atoms with E-state index in [0.717, 1.165) is 29.9 Å². The normalized spacial score (nSPS) is 34.1. The molecule has 4 aliphatic rings. The molecule has 0 aromatic heterocycles. The number of alkyl halides is 3. The second-order valence-electron chi connectivity index (χ2n) is 7.67. The van der Waals surface area contributed by atoms with Gasteiger partial charge in [0.15, 0.2) is 11.5 Å². The Morgan fingerprint density at radius 1 is 1.28 bits per heavy atom. The molecule has 3 atom stereocenters. The molecule has 1 N–H and O–H groups in total. The van der Waals surface area contributed by atoms with Gasteiger partial charge in [-0.1, -0.05) is 67.7 Å². The van der Waals surface area contributed by atoms with Crippen molar-refractivity contribution in [2.75, 3.05) is 6.79 Å². The molecule has 3 saturated carbocycles. The van der Waals surface area contributed by atoms with Gasteiger partial charge in [-0.15, -0.1) is 0 Å². The first-order chi connectivity index (χ1) is 11.8. The second kappa shape index (κ2) is 5.86. The summed E-state index contributed by atoms with van der Waals surface area (Å²) in [5.74, 6) is 1.63. The lowest BCUT2D eigenvalue weighted by atomic mass is 9.43. The zero-order chi connectivity index (χ0) is 18.0. The minimum absolute atomic E-state index is 0.0447. The van der Waals surface area contributed by atoms with Crippen molar-refractivity contribution in [3.63, 3.8) is 0 Å². The quantitative estimate of drug-likeness (QED) is 0.566. The van der Waals surface area contributed by atoms with E-state index in [1.807, 2.05) is 18.2 Å². The maximum Gasteiger partial charge on any atom is 0.231 e. The lowest BCUT2D eigenvalue weighted by molar-refractivity contribution is -0.161. The molecule has 2 bridgehead atoms. The highest BCUT2D eigenvalue weighted by atomic mass is 79.9. The molecule has 3 aliphatic carbocycles. The minimum atomic E-state index is -0.372. The number of halogens is 3. The van der Waals surface area contributed by atoms with E-state index in [2.05, 4.69) is 67.0 Å². The number of hydrogen-bond acceptors (Lipinski definition) is 3. The molecule has 3 unspecified atom stereocenters. The van der Waals surface area contributed by atoms with E-state index >= 15 is 0 Å². The lowest BCUT2D eigenvalue weighted by Gasteiger charge is -2.66. The van der Waals surface area contributed by atoms with Crippen molar-refractivity contribution in [2.45, 2.75) is 41.8 Å². The molecular formula is C18H20Br3NO3. The van der Waals surface area contributed by atoms with Crippen LogP contribution in [0.2, 0.25) is 0 Å². The largest absolute Gasteiger partial charge is 0.454 e. The molecule has 1 aliphatic heterocycles. The first kappa shape index (κ1) is 18.1. The number of carbonyl (C=O) groups excluding carboxylic acids is 1. The van der Waals surface area contributed by atoms with Crippen molar-refractivity contribution >= 4 is 53.7 Å². The summed E-state index contributed by atoms with van der Waals surface area (Å²) in [4.78, 5) is 13.3. The van der Waals surface area contributed by atoms with Crippen LogP contribution in [0.1, 0.15) is 32.3 Å². The molecule has 1 heterocycles. The van der Waals surface area contributed by atoms with Crippen molar-refractivity contribution in [1.29, 1.82) is 0 Å². The first-order valence-corrected chi connectivity index (χ1v) is 11.1. The van der Waals surface area contributed by atoms with Crippen LogP contribution in [-0.4, -0.2) is 21.3 Å². The number of nitrogens with one attached hydrogen (secondary N) is 1. The molecule has 1 amide bonds. The molecule has 4 nitrogen and oxygen atoms in total. The molecule has 7 heteroatoms. The van der Waals surface area contributed by atoms with Gasteiger partial charge in [-0.3, -0.25) is 4.79 Å². The Morgan fingerprint density at radius 3 is 2.64 bits per heavy atom. The van der Waals surface area contributed by atoms with Crippen LogP contribution in [0.5, 0.6) is 11.5 Å². The van der Waals surface area contributed by atoms with Gasteiger partial charge in [0.1, 0.15) is 0 Å². The van der Waals surface area contributed by atoms with E-state index in [1.165, 1.54) is 0 Å². The number of benzene rings is 1. The number of hydrogen-bond donors (Lipinski definition) is 1.